The van der Waals surface area contributed by atoms with Crippen molar-refractivity contribution >= 4 is 5.97 Å². The predicted molar refractivity (Wildman–Crippen MR) is 74.2 cm³/mol. The molecule has 104 valence electrons. The maximum Gasteiger partial charge on any atom is 0.339 e. The van der Waals surface area contributed by atoms with Crippen LogP contribution < -0.4 is 0 Å². The van der Waals surface area contributed by atoms with Crippen LogP contribution in [-0.2, 0) is 16.0 Å². The zero-order valence-corrected chi connectivity index (χ0v) is 10.9. The summed E-state index contributed by atoms with van der Waals surface area (Å²) < 4.78 is 5.03. The van der Waals surface area contributed by atoms with E-state index >= 15 is 0 Å². The van der Waals surface area contributed by atoms with Gasteiger partial charge in [0, 0.05) is 6.42 Å². The number of hydrogen-bond acceptors (Lipinski definition) is 4. The van der Waals surface area contributed by atoms with E-state index in [9.17, 15) is 15.0 Å². The standard InChI is InChI=1S/C16H16O4/c17-14-8-4-5-12(11-14)9-10-20-16(19)15(18)13-6-2-1-3-7-13/h1-8,11,15,17-18H,9-10H2/t15-/m1/s1. The highest BCUT2D eigenvalue weighted by atomic mass is 16.5. The number of phenolic OH excluding ortho intramolecular Hbond substituents is 1. The number of carbonyl (C=O) groups is 1. The third-order valence-electron chi connectivity index (χ3n) is 2.88. The van der Waals surface area contributed by atoms with Gasteiger partial charge in [0.25, 0.3) is 0 Å². The van der Waals surface area contributed by atoms with E-state index in [-0.39, 0.29) is 12.4 Å². The van der Waals surface area contributed by atoms with Crippen LogP contribution in [0.15, 0.2) is 54.6 Å². The Hall–Kier alpha value is -2.33. The molecule has 0 aliphatic carbocycles. The zero-order chi connectivity index (χ0) is 14.4. The summed E-state index contributed by atoms with van der Waals surface area (Å²) in [5, 5.41) is 19.1. The van der Waals surface area contributed by atoms with Crippen LogP contribution in [0.2, 0.25) is 0 Å². The van der Waals surface area contributed by atoms with Gasteiger partial charge in [0.05, 0.1) is 6.61 Å². The van der Waals surface area contributed by atoms with E-state index in [1.807, 2.05) is 12.1 Å². The zero-order valence-electron chi connectivity index (χ0n) is 10.9. The number of benzene rings is 2. The maximum absolute atomic E-state index is 11.7. The van der Waals surface area contributed by atoms with Crippen molar-refractivity contribution in [1.82, 2.24) is 0 Å². The van der Waals surface area contributed by atoms with Crippen molar-refractivity contribution in [3.63, 3.8) is 0 Å². The molecule has 4 nitrogen and oxygen atoms in total. The second-order valence-electron chi connectivity index (χ2n) is 4.40. The summed E-state index contributed by atoms with van der Waals surface area (Å²) >= 11 is 0. The minimum Gasteiger partial charge on any atom is -0.508 e. The first kappa shape index (κ1) is 14.1. The second-order valence-corrected chi connectivity index (χ2v) is 4.40. The van der Waals surface area contributed by atoms with Crippen molar-refractivity contribution < 1.29 is 19.7 Å². The summed E-state index contributed by atoms with van der Waals surface area (Å²) in [5.41, 5.74) is 1.38. The van der Waals surface area contributed by atoms with E-state index in [4.69, 9.17) is 4.74 Å². The van der Waals surface area contributed by atoms with Crippen molar-refractivity contribution in [3.8, 4) is 5.75 Å². The normalized spacial score (nSPS) is 11.8. The quantitative estimate of drug-likeness (QED) is 0.819. The third-order valence-corrected chi connectivity index (χ3v) is 2.88. The van der Waals surface area contributed by atoms with Crippen LogP contribution in [-0.4, -0.2) is 22.8 Å². The number of phenols is 1. The summed E-state index contributed by atoms with van der Waals surface area (Å²) in [6.07, 6.45) is -0.776. The Morgan fingerprint density at radius 3 is 2.55 bits per heavy atom. The van der Waals surface area contributed by atoms with Crippen LogP contribution in [0, 0.1) is 0 Å². The molecule has 0 unspecified atom stereocenters. The monoisotopic (exact) mass is 272 g/mol. The maximum atomic E-state index is 11.7. The smallest absolute Gasteiger partial charge is 0.339 e. The Balaban J connectivity index is 1.83. The molecule has 0 saturated carbocycles. The van der Waals surface area contributed by atoms with Gasteiger partial charge in [0.15, 0.2) is 6.10 Å². The average Bonchev–Trinajstić information content (AvgIpc) is 2.47. The van der Waals surface area contributed by atoms with Gasteiger partial charge in [-0.1, -0.05) is 42.5 Å². The molecule has 0 heterocycles. The van der Waals surface area contributed by atoms with Crippen LogP contribution >= 0.6 is 0 Å². The van der Waals surface area contributed by atoms with Crippen molar-refractivity contribution in [2.24, 2.45) is 0 Å². The van der Waals surface area contributed by atoms with Gasteiger partial charge in [-0.15, -0.1) is 0 Å². The lowest BCUT2D eigenvalue weighted by Gasteiger charge is -2.11. The molecule has 20 heavy (non-hydrogen) atoms. The number of carbonyl (C=O) groups excluding carboxylic acids is 1. The molecule has 0 bridgehead atoms. The minimum atomic E-state index is -1.26. The van der Waals surface area contributed by atoms with Crippen molar-refractivity contribution in [3.05, 3.63) is 65.7 Å². The first-order valence-electron chi connectivity index (χ1n) is 6.34. The Morgan fingerprint density at radius 1 is 1.10 bits per heavy atom. The van der Waals surface area contributed by atoms with Crippen LogP contribution in [0.4, 0.5) is 0 Å². The fourth-order valence-corrected chi connectivity index (χ4v) is 1.83. The summed E-state index contributed by atoms with van der Waals surface area (Å²) in [6.45, 7) is 0.159. The summed E-state index contributed by atoms with van der Waals surface area (Å²) in [6, 6.07) is 15.4. The van der Waals surface area contributed by atoms with Crippen LogP contribution in [0.5, 0.6) is 5.75 Å². The van der Waals surface area contributed by atoms with Crippen molar-refractivity contribution in [1.29, 1.82) is 0 Å². The molecule has 0 aliphatic heterocycles. The first-order valence-corrected chi connectivity index (χ1v) is 6.34. The lowest BCUT2D eigenvalue weighted by molar-refractivity contribution is -0.153. The van der Waals surface area contributed by atoms with Crippen molar-refractivity contribution in [2.75, 3.05) is 6.61 Å². The Kier molecular flexibility index (Phi) is 4.74. The van der Waals surface area contributed by atoms with Crippen LogP contribution in [0.1, 0.15) is 17.2 Å². The number of aliphatic hydroxyl groups is 1. The largest absolute Gasteiger partial charge is 0.508 e. The minimum absolute atomic E-state index is 0.159. The Morgan fingerprint density at radius 2 is 1.85 bits per heavy atom. The number of esters is 1. The summed E-state index contributed by atoms with van der Waals surface area (Å²) in [5.74, 6) is -0.491. The molecule has 4 heteroatoms. The number of hydrogen-bond donors (Lipinski definition) is 2. The molecule has 0 aliphatic rings. The Bertz CT molecular complexity index is 566. The molecule has 0 fully saturated rings. The molecule has 0 saturated heterocycles. The number of aliphatic hydroxyl groups excluding tert-OH is 1. The SMILES string of the molecule is O=C(OCCc1cccc(O)c1)[C@H](O)c1ccccc1. The van der Waals surface area contributed by atoms with E-state index in [1.165, 1.54) is 0 Å². The van der Waals surface area contributed by atoms with Gasteiger partial charge in [0.1, 0.15) is 5.75 Å². The topological polar surface area (TPSA) is 66.8 Å². The van der Waals surface area contributed by atoms with Crippen LogP contribution in [0.3, 0.4) is 0 Å². The van der Waals surface area contributed by atoms with Gasteiger partial charge in [-0.25, -0.2) is 4.79 Å². The molecule has 0 aromatic heterocycles. The molecule has 0 spiro atoms. The van der Waals surface area contributed by atoms with Crippen molar-refractivity contribution in [2.45, 2.75) is 12.5 Å². The fraction of sp³-hybridized carbons (Fsp3) is 0.188. The number of rotatable bonds is 5. The van der Waals surface area contributed by atoms with E-state index < -0.39 is 12.1 Å². The number of ether oxygens (including phenoxy) is 1. The summed E-state index contributed by atoms with van der Waals surface area (Å²) in [4.78, 5) is 11.7. The molecule has 2 N–H and O–H groups in total. The lowest BCUT2D eigenvalue weighted by Crippen LogP contribution is -2.16. The molecule has 0 radical (unpaired) electrons. The van der Waals surface area contributed by atoms with E-state index in [2.05, 4.69) is 0 Å². The van der Waals surface area contributed by atoms with E-state index in [0.717, 1.165) is 5.56 Å². The molecular weight excluding hydrogens is 256 g/mol. The van der Waals surface area contributed by atoms with Gasteiger partial charge < -0.3 is 14.9 Å². The molecule has 0 amide bonds. The molecule has 1 atom stereocenters. The Labute approximate surface area is 117 Å². The average molecular weight is 272 g/mol. The first-order chi connectivity index (χ1) is 9.66. The highest BCUT2D eigenvalue weighted by Crippen LogP contribution is 2.15. The van der Waals surface area contributed by atoms with Gasteiger partial charge >= 0.3 is 5.97 Å². The molecule has 2 rings (SSSR count). The fourth-order valence-electron chi connectivity index (χ4n) is 1.83. The third kappa shape index (κ3) is 3.83. The highest BCUT2D eigenvalue weighted by Gasteiger charge is 2.18. The van der Waals surface area contributed by atoms with Gasteiger partial charge in [-0.3, -0.25) is 0 Å². The highest BCUT2D eigenvalue weighted by molar-refractivity contribution is 5.76. The molecular formula is C16H16O4. The number of aromatic hydroxyl groups is 1. The second kappa shape index (κ2) is 6.73. The van der Waals surface area contributed by atoms with Gasteiger partial charge in [-0.2, -0.15) is 0 Å². The van der Waals surface area contributed by atoms with E-state index in [1.54, 1.807) is 42.5 Å². The van der Waals surface area contributed by atoms with Crippen LogP contribution in [0.25, 0.3) is 0 Å². The van der Waals surface area contributed by atoms with Gasteiger partial charge in [0.2, 0.25) is 0 Å². The molecule has 2 aromatic rings. The predicted octanol–water partition coefficient (Wildman–Crippen LogP) is 2.21. The summed E-state index contributed by atoms with van der Waals surface area (Å²) in [7, 11) is 0. The lowest BCUT2D eigenvalue weighted by atomic mass is 10.1. The van der Waals surface area contributed by atoms with E-state index in [0.29, 0.717) is 12.0 Å². The molecule has 2 aromatic carbocycles. The van der Waals surface area contributed by atoms with Gasteiger partial charge in [-0.05, 0) is 23.3 Å².